The highest BCUT2D eigenvalue weighted by Gasteiger charge is 2.08. The molecule has 1 aromatic carbocycles. The first-order valence-corrected chi connectivity index (χ1v) is 6.27. The van der Waals surface area contributed by atoms with E-state index in [0.29, 0.717) is 17.7 Å². The summed E-state index contributed by atoms with van der Waals surface area (Å²) in [5, 5.41) is 0. The fraction of sp³-hybridized carbons (Fsp3) is 0.231. The van der Waals surface area contributed by atoms with Gasteiger partial charge in [0.25, 0.3) is 0 Å². The first-order chi connectivity index (χ1) is 9.02. The van der Waals surface area contributed by atoms with Crippen molar-refractivity contribution in [2.75, 3.05) is 0 Å². The van der Waals surface area contributed by atoms with E-state index in [-0.39, 0.29) is 23.0 Å². The lowest BCUT2D eigenvalue weighted by atomic mass is 10.1. The Labute approximate surface area is 115 Å². The predicted molar refractivity (Wildman–Crippen MR) is 75.8 cm³/mol. The van der Waals surface area contributed by atoms with Crippen LogP contribution >= 0.6 is 12.2 Å². The van der Waals surface area contributed by atoms with Gasteiger partial charge in [0.1, 0.15) is 10.8 Å². The highest BCUT2D eigenvalue weighted by molar-refractivity contribution is 7.80. The molecule has 6 heteroatoms. The Hall–Kier alpha value is -1.95. The number of nitrogens with two attached hydrogens (primary N) is 1. The minimum atomic E-state index is -0.379. The number of hydrogen-bond acceptors (Lipinski definition) is 2. The smallest absolute Gasteiger partial charge is 0.328 e. The number of benzene rings is 1. The van der Waals surface area contributed by atoms with Gasteiger partial charge in [0.2, 0.25) is 0 Å². The SMILES string of the molecule is CCn1ccn(Cc2cc(C(N)=S)ccc2F)c1=O. The van der Waals surface area contributed by atoms with Crippen molar-refractivity contribution in [3.63, 3.8) is 0 Å². The van der Waals surface area contributed by atoms with Crippen LogP contribution in [0.4, 0.5) is 4.39 Å². The lowest BCUT2D eigenvalue weighted by molar-refractivity contribution is 0.590. The van der Waals surface area contributed by atoms with Gasteiger partial charge in [-0.2, -0.15) is 0 Å². The summed E-state index contributed by atoms with van der Waals surface area (Å²) in [6, 6.07) is 4.42. The molecule has 1 heterocycles. The molecule has 2 N–H and O–H groups in total. The molecular formula is C13H14FN3OS. The molecule has 0 bridgehead atoms. The summed E-state index contributed by atoms with van der Waals surface area (Å²) in [7, 11) is 0. The van der Waals surface area contributed by atoms with Gasteiger partial charge in [-0.1, -0.05) is 12.2 Å². The van der Waals surface area contributed by atoms with E-state index in [9.17, 15) is 9.18 Å². The number of halogens is 1. The highest BCUT2D eigenvalue weighted by atomic mass is 32.1. The minimum Gasteiger partial charge on any atom is -0.389 e. The second kappa shape index (κ2) is 5.36. The fourth-order valence-electron chi connectivity index (χ4n) is 1.85. The van der Waals surface area contributed by atoms with Crippen LogP contribution in [0.1, 0.15) is 18.1 Å². The molecule has 2 rings (SSSR count). The topological polar surface area (TPSA) is 52.9 Å². The highest BCUT2D eigenvalue weighted by Crippen LogP contribution is 2.12. The zero-order valence-corrected chi connectivity index (χ0v) is 11.3. The third kappa shape index (κ3) is 2.73. The molecule has 0 fully saturated rings. The number of aromatic nitrogens is 2. The standard InChI is InChI=1S/C13H14FN3OS/c1-2-16-5-6-17(13(16)18)8-10-7-9(12(15)19)3-4-11(10)14/h3-7H,2,8H2,1H3,(H2,15,19). The number of imidazole rings is 1. The summed E-state index contributed by atoms with van der Waals surface area (Å²) in [6.45, 7) is 2.62. The van der Waals surface area contributed by atoms with E-state index in [4.69, 9.17) is 18.0 Å². The number of thiocarbonyl (C=S) groups is 1. The second-order valence-corrected chi connectivity index (χ2v) is 4.60. The molecule has 0 amide bonds. The van der Waals surface area contributed by atoms with E-state index in [0.717, 1.165) is 0 Å². The molecule has 0 spiro atoms. The van der Waals surface area contributed by atoms with Gasteiger partial charge in [-0.05, 0) is 25.1 Å². The molecule has 0 atom stereocenters. The zero-order chi connectivity index (χ0) is 14.0. The number of nitrogens with zero attached hydrogens (tertiary/aromatic N) is 2. The number of aryl methyl sites for hydroxylation is 1. The maximum Gasteiger partial charge on any atom is 0.328 e. The Balaban J connectivity index is 2.37. The molecule has 0 unspecified atom stereocenters. The van der Waals surface area contributed by atoms with Crippen molar-refractivity contribution in [1.29, 1.82) is 0 Å². The molecule has 0 saturated carbocycles. The molecule has 0 radical (unpaired) electrons. The van der Waals surface area contributed by atoms with Crippen LogP contribution in [0.3, 0.4) is 0 Å². The zero-order valence-electron chi connectivity index (χ0n) is 10.5. The van der Waals surface area contributed by atoms with Crippen LogP contribution < -0.4 is 11.4 Å². The maximum atomic E-state index is 13.7. The molecule has 0 aliphatic carbocycles. The van der Waals surface area contributed by atoms with Crippen molar-refractivity contribution in [3.05, 3.63) is 58.0 Å². The van der Waals surface area contributed by atoms with Crippen LogP contribution in [-0.2, 0) is 13.1 Å². The van der Waals surface area contributed by atoms with Gasteiger partial charge in [0.15, 0.2) is 0 Å². The average Bonchev–Trinajstić information content (AvgIpc) is 2.73. The Morgan fingerprint density at radius 3 is 2.63 bits per heavy atom. The van der Waals surface area contributed by atoms with Crippen molar-refractivity contribution in [3.8, 4) is 0 Å². The van der Waals surface area contributed by atoms with Gasteiger partial charge in [0, 0.05) is 30.1 Å². The summed E-state index contributed by atoms with van der Waals surface area (Å²) in [6.07, 6.45) is 3.32. The largest absolute Gasteiger partial charge is 0.389 e. The van der Waals surface area contributed by atoms with Crippen LogP contribution in [0, 0.1) is 5.82 Å². The molecule has 2 aromatic rings. The summed E-state index contributed by atoms with van der Waals surface area (Å²) in [4.78, 5) is 12.1. The third-order valence-corrected chi connectivity index (χ3v) is 3.17. The van der Waals surface area contributed by atoms with Gasteiger partial charge >= 0.3 is 5.69 Å². The van der Waals surface area contributed by atoms with E-state index in [2.05, 4.69) is 0 Å². The van der Waals surface area contributed by atoms with Gasteiger partial charge in [0.05, 0.1) is 6.54 Å². The van der Waals surface area contributed by atoms with Gasteiger partial charge in [-0.15, -0.1) is 0 Å². The number of rotatable bonds is 4. The summed E-state index contributed by atoms with van der Waals surface area (Å²) < 4.78 is 16.7. The quantitative estimate of drug-likeness (QED) is 0.863. The Morgan fingerprint density at radius 1 is 1.37 bits per heavy atom. The van der Waals surface area contributed by atoms with E-state index < -0.39 is 0 Å². The van der Waals surface area contributed by atoms with Crippen LogP contribution in [0.5, 0.6) is 0 Å². The van der Waals surface area contributed by atoms with Crippen LogP contribution in [0.15, 0.2) is 35.4 Å². The molecular weight excluding hydrogens is 265 g/mol. The van der Waals surface area contributed by atoms with Crippen molar-refractivity contribution in [2.24, 2.45) is 5.73 Å². The molecule has 1 aromatic heterocycles. The molecule has 0 aliphatic rings. The van der Waals surface area contributed by atoms with Crippen molar-refractivity contribution in [2.45, 2.75) is 20.0 Å². The third-order valence-electron chi connectivity index (χ3n) is 2.93. The summed E-state index contributed by atoms with van der Waals surface area (Å²) >= 11 is 4.86. The monoisotopic (exact) mass is 279 g/mol. The Bertz CT molecular complexity index is 675. The van der Waals surface area contributed by atoms with E-state index in [1.165, 1.54) is 16.7 Å². The van der Waals surface area contributed by atoms with Crippen LogP contribution in [-0.4, -0.2) is 14.1 Å². The Morgan fingerprint density at radius 2 is 2.05 bits per heavy atom. The molecule has 0 saturated heterocycles. The average molecular weight is 279 g/mol. The summed E-state index contributed by atoms with van der Waals surface area (Å²) in [5.74, 6) is -0.379. The van der Waals surface area contributed by atoms with Crippen LogP contribution in [0.25, 0.3) is 0 Å². The second-order valence-electron chi connectivity index (χ2n) is 4.17. The molecule has 100 valence electrons. The van der Waals surface area contributed by atoms with Gasteiger partial charge in [-0.25, -0.2) is 9.18 Å². The fourth-order valence-corrected chi connectivity index (χ4v) is 1.97. The van der Waals surface area contributed by atoms with Crippen LogP contribution in [0.2, 0.25) is 0 Å². The lowest BCUT2D eigenvalue weighted by Crippen LogP contribution is -2.24. The summed E-state index contributed by atoms with van der Waals surface area (Å²) in [5.41, 5.74) is 6.34. The minimum absolute atomic E-state index is 0.161. The van der Waals surface area contributed by atoms with Gasteiger partial charge in [-0.3, -0.25) is 9.13 Å². The molecule has 19 heavy (non-hydrogen) atoms. The molecule has 4 nitrogen and oxygen atoms in total. The van der Waals surface area contributed by atoms with E-state index in [1.807, 2.05) is 6.92 Å². The van der Waals surface area contributed by atoms with Gasteiger partial charge < -0.3 is 5.73 Å². The van der Waals surface area contributed by atoms with E-state index in [1.54, 1.807) is 23.0 Å². The maximum absolute atomic E-state index is 13.7. The Kier molecular flexibility index (Phi) is 3.80. The van der Waals surface area contributed by atoms with Crippen molar-refractivity contribution < 1.29 is 4.39 Å². The molecule has 0 aliphatic heterocycles. The van der Waals surface area contributed by atoms with Crippen molar-refractivity contribution >= 4 is 17.2 Å². The first-order valence-electron chi connectivity index (χ1n) is 5.86. The van der Waals surface area contributed by atoms with E-state index >= 15 is 0 Å². The predicted octanol–water partition coefficient (Wildman–Crippen LogP) is 1.49. The number of hydrogen-bond donors (Lipinski definition) is 1. The lowest BCUT2D eigenvalue weighted by Gasteiger charge is -2.06. The first kappa shape index (κ1) is 13.5. The van der Waals surface area contributed by atoms with Crippen molar-refractivity contribution in [1.82, 2.24) is 9.13 Å². The normalized spacial score (nSPS) is 10.6.